The predicted octanol–water partition coefficient (Wildman–Crippen LogP) is 2.99. The molecular weight excluding hydrogens is 356 g/mol. The van der Waals surface area contributed by atoms with Crippen molar-refractivity contribution in [3.05, 3.63) is 72.8 Å². The molecule has 140 valence electrons. The van der Waals surface area contributed by atoms with Crippen LogP contribution < -0.4 is 15.4 Å². The van der Waals surface area contributed by atoms with Gasteiger partial charge in [-0.15, -0.1) is 15.3 Å². The average Bonchev–Trinajstić information content (AvgIpc) is 3.16. The molecule has 0 saturated carbocycles. The minimum Gasteiger partial charge on any atom is -0.475 e. The molecule has 0 unspecified atom stereocenters. The van der Waals surface area contributed by atoms with Gasteiger partial charge in [0, 0.05) is 17.3 Å². The summed E-state index contributed by atoms with van der Waals surface area (Å²) in [6, 6.07) is 22.2. The Hall–Kier alpha value is -3.94. The van der Waals surface area contributed by atoms with Gasteiger partial charge < -0.3 is 15.4 Å². The summed E-state index contributed by atoms with van der Waals surface area (Å²) in [5, 5.41) is 18.2. The highest BCUT2D eigenvalue weighted by Crippen LogP contribution is 2.18. The Bertz CT molecular complexity index is 1070. The van der Waals surface area contributed by atoms with E-state index in [2.05, 4.69) is 25.9 Å². The third kappa shape index (κ3) is 4.07. The highest BCUT2D eigenvalue weighted by molar-refractivity contribution is 5.89. The number of hydrogen-bond donors (Lipinski definition) is 2. The quantitative estimate of drug-likeness (QED) is 0.506. The first-order valence-corrected chi connectivity index (χ1v) is 8.80. The number of carbonyl (C=O) groups is 1. The second-order valence-corrected chi connectivity index (χ2v) is 5.93. The number of ether oxygens (including phenoxy) is 1. The molecule has 0 aliphatic heterocycles. The van der Waals surface area contributed by atoms with Gasteiger partial charge in [-0.25, -0.2) is 4.79 Å². The van der Waals surface area contributed by atoms with Crippen LogP contribution in [0.3, 0.4) is 0 Å². The maximum atomic E-state index is 11.9. The van der Waals surface area contributed by atoms with E-state index in [0.29, 0.717) is 23.9 Å². The molecule has 2 aromatic carbocycles. The van der Waals surface area contributed by atoms with E-state index in [0.717, 1.165) is 11.3 Å². The number of hydrogen-bond acceptors (Lipinski definition) is 5. The van der Waals surface area contributed by atoms with Gasteiger partial charge in [-0.2, -0.15) is 4.52 Å². The second-order valence-electron chi connectivity index (χ2n) is 5.93. The van der Waals surface area contributed by atoms with Crippen molar-refractivity contribution in [1.82, 2.24) is 25.1 Å². The number of amides is 2. The summed E-state index contributed by atoms with van der Waals surface area (Å²) in [6.07, 6.45) is 0. The molecule has 0 bridgehead atoms. The highest BCUT2D eigenvalue weighted by Gasteiger charge is 2.10. The normalized spacial score (nSPS) is 10.6. The van der Waals surface area contributed by atoms with Crippen LogP contribution in [0.15, 0.2) is 72.8 Å². The van der Waals surface area contributed by atoms with Crippen molar-refractivity contribution in [2.24, 2.45) is 0 Å². The number of fused-ring (bicyclic) bond motifs is 1. The first-order chi connectivity index (χ1) is 13.8. The van der Waals surface area contributed by atoms with E-state index in [-0.39, 0.29) is 12.6 Å². The summed E-state index contributed by atoms with van der Waals surface area (Å²) < 4.78 is 7.28. The van der Waals surface area contributed by atoms with E-state index in [9.17, 15) is 4.79 Å². The average molecular weight is 374 g/mol. The third-order valence-corrected chi connectivity index (χ3v) is 3.94. The number of urea groups is 1. The van der Waals surface area contributed by atoms with Crippen LogP contribution in [-0.2, 0) is 0 Å². The first kappa shape index (κ1) is 17.5. The minimum absolute atomic E-state index is 0.281. The van der Waals surface area contributed by atoms with Gasteiger partial charge in [-0.1, -0.05) is 48.5 Å². The van der Waals surface area contributed by atoms with Gasteiger partial charge in [-0.05, 0) is 18.2 Å². The molecule has 8 nitrogen and oxygen atoms in total. The summed E-state index contributed by atoms with van der Waals surface area (Å²) >= 11 is 0. The molecule has 2 heterocycles. The number of carbonyl (C=O) groups excluding carboxylic acids is 1. The van der Waals surface area contributed by atoms with Crippen LogP contribution in [-0.4, -0.2) is 39.0 Å². The number of anilines is 1. The highest BCUT2D eigenvalue weighted by atomic mass is 16.5. The van der Waals surface area contributed by atoms with Crippen LogP contribution in [0.4, 0.5) is 10.5 Å². The zero-order valence-corrected chi connectivity index (χ0v) is 14.9. The molecule has 0 aliphatic carbocycles. The molecule has 4 rings (SSSR count). The fourth-order valence-electron chi connectivity index (χ4n) is 2.63. The zero-order valence-electron chi connectivity index (χ0n) is 14.9. The Morgan fingerprint density at radius 1 is 0.929 bits per heavy atom. The Balaban J connectivity index is 1.34. The smallest absolute Gasteiger partial charge is 0.319 e. The summed E-state index contributed by atoms with van der Waals surface area (Å²) in [4.78, 5) is 11.9. The topological polar surface area (TPSA) is 93.4 Å². The van der Waals surface area contributed by atoms with Crippen LogP contribution in [0, 0.1) is 0 Å². The molecule has 0 saturated heterocycles. The third-order valence-electron chi connectivity index (χ3n) is 3.94. The maximum Gasteiger partial charge on any atom is 0.319 e. The van der Waals surface area contributed by atoms with Gasteiger partial charge in [0.25, 0.3) is 0 Å². The lowest BCUT2D eigenvalue weighted by atomic mass is 10.2. The number of rotatable bonds is 6. The van der Waals surface area contributed by atoms with Gasteiger partial charge >= 0.3 is 6.03 Å². The predicted molar refractivity (Wildman–Crippen MR) is 105 cm³/mol. The van der Waals surface area contributed by atoms with Crippen LogP contribution in [0.1, 0.15) is 0 Å². The van der Waals surface area contributed by atoms with E-state index in [1.165, 1.54) is 0 Å². The van der Waals surface area contributed by atoms with Crippen molar-refractivity contribution in [3.8, 4) is 17.3 Å². The standard InChI is InChI=1S/C20H18N6O2/c27-20(22-16-9-5-2-6-10-16)21-13-14-28-18-12-11-17-23-24-19(26(17)25-18)15-7-3-1-4-8-15/h1-12H,13-14H2,(H2,21,22,27). The molecule has 0 atom stereocenters. The van der Waals surface area contributed by atoms with Gasteiger partial charge in [-0.3, -0.25) is 0 Å². The molecule has 2 amide bonds. The Labute approximate surface area is 161 Å². The molecular formula is C20H18N6O2. The Morgan fingerprint density at radius 2 is 1.68 bits per heavy atom. The molecule has 8 heteroatoms. The van der Waals surface area contributed by atoms with Crippen molar-refractivity contribution in [2.75, 3.05) is 18.5 Å². The molecule has 0 spiro atoms. The Kier molecular flexibility index (Phi) is 5.10. The molecule has 0 fully saturated rings. The number of para-hydroxylation sites is 1. The van der Waals surface area contributed by atoms with E-state index < -0.39 is 0 Å². The van der Waals surface area contributed by atoms with Crippen molar-refractivity contribution in [3.63, 3.8) is 0 Å². The van der Waals surface area contributed by atoms with Crippen molar-refractivity contribution < 1.29 is 9.53 Å². The molecule has 2 N–H and O–H groups in total. The van der Waals surface area contributed by atoms with Gasteiger partial charge in [0.2, 0.25) is 5.88 Å². The number of benzene rings is 2. The SMILES string of the molecule is O=C(NCCOc1ccc2nnc(-c3ccccc3)n2n1)Nc1ccccc1. The summed E-state index contributed by atoms with van der Waals surface area (Å²) in [7, 11) is 0. The van der Waals surface area contributed by atoms with E-state index in [1.54, 1.807) is 16.6 Å². The van der Waals surface area contributed by atoms with E-state index >= 15 is 0 Å². The van der Waals surface area contributed by atoms with Gasteiger partial charge in [0.15, 0.2) is 11.5 Å². The molecule has 0 aliphatic rings. The lowest BCUT2D eigenvalue weighted by molar-refractivity contribution is 0.246. The summed E-state index contributed by atoms with van der Waals surface area (Å²) in [6.45, 7) is 0.621. The van der Waals surface area contributed by atoms with Gasteiger partial charge in [0.05, 0.1) is 6.54 Å². The fourth-order valence-corrected chi connectivity index (χ4v) is 2.63. The van der Waals surface area contributed by atoms with Crippen LogP contribution in [0.2, 0.25) is 0 Å². The molecule has 28 heavy (non-hydrogen) atoms. The second kappa shape index (κ2) is 8.17. The lowest BCUT2D eigenvalue weighted by Crippen LogP contribution is -2.32. The summed E-state index contributed by atoms with van der Waals surface area (Å²) in [5.41, 5.74) is 2.28. The van der Waals surface area contributed by atoms with Crippen LogP contribution in [0.25, 0.3) is 17.0 Å². The van der Waals surface area contributed by atoms with Gasteiger partial charge in [0.1, 0.15) is 6.61 Å². The van der Waals surface area contributed by atoms with Crippen molar-refractivity contribution >= 4 is 17.4 Å². The first-order valence-electron chi connectivity index (χ1n) is 8.80. The van der Waals surface area contributed by atoms with E-state index in [1.807, 2.05) is 60.7 Å². The number of nitrogens with one attached hydrogen (secondary N) is 2. The monoisotopic (exact) mass is 374 g/mol. The fraction of sp³-hybridized carbons (Fsp3) is 0.100. The number of nitrogens with zero attached hydrogens (tertiary/aromatic N) is 4. The maximum absolute atomic E-state index is 11.9. The van der Waals surface area contributed by atoms with Crippen LogP contribution >= 0.6 is 0 Å². The van der Waals surface area contributed by atoms with Crippen molar-refractivity contribution in [1.29, 1.82) is 0 Å². The summed E-state index contributed by atoms with van der Waals surface area (Å²) in [5.74, 6) is 1.07. The van der Waals surface area contributed by atoms with Crippen molar-refractivity contribution in [2.45, 2.75) is 0 Å². The zero-order chi connectivity index (χ0) is 19.2. The Morgan fingerprint density at radius 3 is 2.46 bits per heavy atom. The molecule has 2 aromatic heterocycles. The minimum atomic E-state index is -0.289. The molecule has 4 aromatic rings. The molecule has 0 radical (unpaired) electrons. The largest absolute Gasteiger partial charge is 0.475 e. The van der Waals surface area contributed by atoms with Crippen LogP contribution in [0.5, 0.6) is 5.88 Å². The number of aromatic nitrogens is 4. The lowest BCUT2D eigenvalue weighted by Gasteiger charge is -2.09. The van der Waals surface area contributed by atoms with E-state index in [4.69, 9.17) is 4.74 Å².